The highest BCUT2D eigenvalue weighted by Gasteiger charge is 2.25. The lowest BCUT2D eigenvalue weighted by Crippen LogP contribution is -2.48. The van der Waals surface area contributed by atoms with Crippen molar-refractivity contribution >= 4 is 35.5 Å². The molecule has 4 heterocycles. The third kappa shape index (κ3) is 6.93. The van der Waals surface area contributed by atoms with Crippen molar-refractivity contribution in [2.45, 2.75) is 19.4 Å². The van der Waals surface area contributed by atoms with Gasteiger partial charge in [-0.2, -0.15) is 5.10 Å². The molecular formula is C31H33ClF2N8O4. The number of nitrogens with zero attached hydrogens (tertiary/aromatic N) is 5. The normalized spacial score (nSPS) is 16.2. The molecule has 2 aliphatic rings. The largest absolute Gasteiger partial charge is 0.392 e. The van der Waals surface area contributed by atoms with Crippen molar-refractivity contribution in [1.82, 2.24) is 34.9 Å². The third-order valence-corrected chi connectivity index (χ3v) is 8.22. The van der Waals surface area contributed by atoms with Gasteiger partial charge < -0.3 is 30.1 Å². The molecule has 1 unspecified atom stereocenters. The molecular weight excluding hydrogens is 622 g/mol. The van der Waals surface area contributed by atoms with Crippen molar-refractivity contribution in [1.29, 1.82) is 0 Å². The Morgan fingerprint density at radius 3 is 2.37 bits per heavy atom. The van der Waals surface area contributed by atoms with Crippen LogP contribution in [0.2, 0.25) is 5.02 Å². The van der Waals surface area contributed by atoms with Crippen LogP contribution in [0.1, 0.15) is 33.1 Å². The molecule has 46 heavy (non-hydrogen) atoms. The minimum Gasteiger partial charge on any atom is -0.392 e. The summed E-state index contributed by atoms with van der Waals surface area (Å²) >= 11 is 6.37. The van der Waals surface area contributed by atoms with Crippen molar-refractivity contribution in [2.75, 3.05) is 44.6 Å². The molecule has 0 spiro atoms. The molecule has 4 N–H and O–H groups in total. The van der Waals surface area contributed by atoms with Crippen molar-refractivity contribution in [3.8, 4) is 22.4 Å². The molecule has 0 aliphatic carbocycles. The number of aliphatic hydroxyl groups is 1. The fourth-order valence-electron chi connectivity index (χ4n) is 5.24. The highest BCUT2D eigenvalue weighted by Crippen LogP contribution is 2.32. The molecule has 3 amide bonds. The molecule has 2 fully saturated rings. The summed E-state index contributed by atoms with van der Waals surface area (Å²) in [6.45, 7) is 5.15. The second kappa shape index (κ2) is 14.2. The number of benzene rings is 2. The summed E-state index contributed by atoms with van der Waals surface area (Å²) in [6, 6.07) is 7.37. The van der Waals surface area contributed by atoms with Crippen LogP contribution < -0.4 is 10.6 Å². The quantitative estimate of drug-likeness (QED) is 0.233. The number of hydrogen-bond donors (Lipinski definition) is 4. The van der Waals surface area contributed by atoms with Crippen LogP contribution in [0, 0.1) is 18.6 Å². The van der Waals surface area contributed by atoms with Crippen LogP contribution in [0.3, 0.4) is 0 Å². The number of piperazine rings is 1. The van der Waals surface area contributed by atoms with Gasteiger partial charge in [0.2, 0.25) is 6.41 Å². The standard InChI is InChI=1S/C27H24ClF2N7O3.C4H9NO/c1-15-20(12-32-34-15)17-5-6-19(24(30)23(17)29)22-13-31-25(35(22)2)26(39)33-16-3-4-18(21(28)11-16)27(40)37-9-7-36(14-38)8-10-37;6-4-1-2-5-3-4/h3-6,11-14H,7-10H2,1-2H3,(H,32,34)(H,33,39);4-6H,1-3H2. The van der Waals surface area contributed by atoms with Gasteiger partial charge in [0, 0.05) is 67.8 Å². The Balaban J connectivity index is 0.000000624. The first-order valence-corrected chi connectivity index (χ1v) is 15.0. The van der Waals surface area contributed by atoms with Gasteiger partial charge in [-0.25, -0.2) is 13.8 Å². The fourth-order valence-corrected chi connectivity index (χ4v) is 5.50. The Kier molecular flexibility index (Phi) is 10.1. The molecule has 4 aromatic rings. The van der Waals surface area contributed by atoms with E-state index in [9.17, 15) is 18.8 Å². The number of aliphatic hydroxyl groups excluding tert-OH is 1. The Labute approximate surface area is 268 Å². The van der Waals surface area contributed by atoms with Gasteiger partial charge in [0.15, 0.2) is 17.5 Å². The molecule has 15 heteroatoms. The fraction of sp³-hybridized carbons (Fsp3) is 0.323. The summed E-state index contributed by atoms with van der Waals surface area (Å²) < 4.78 is 31.4. The monoisotopic (exact) mass is 654 g/mol. The Morgan fingerprint density at radius 2 is 1.78 bits per heavy atom. The zero-order valence-electron chi connectivity index (χ0n) is 25.2. The van der Waals surface area contributed by atoms with Crippen LogP contribution in [-0.4, -0.2) is 98.3 Å². The third-order valence-electron chi connectivity index (χ3n) is 7.91. The second-order valence-electron chi connectivity index (χ2n) is 11.0. The number of amides is 3. The number of carbonyl (C=O) groups is 3. The summed E-state index contributed by atoms with van der Waals surface area (Å²) in [7, 11) is 1.52. The first-order chi connectivity index (χ1) is 22.1. The maximum atomic E-state index is 15.1. The van der Waals surface area contributed by atoms with Gasteiger partial charge >= 0.3 is 0 Å². The van der Waals surface area contributed by atoms with E-state index in [0.29, 0.717) is 43.1 Å². The average molecular weight is 655 g/mol. The van der Waals surface area contributed by atoms with E-state index in [1.54, 1.807) is 16.7 Å². The Hall–Kier alpha value is -4.66. The van der Waals surface area contributed by atoms with Crippen molar-refractivity contribution in [3.05, 3.63) is 76.5 Å². The first kappa shape index (κ1) is 32.7. The predicted molar refractivity (Wildman–Crippen MR) is 167 cm³/mol. The van der Waals surface area contributed by atoms with Gasteiger partial charge in [0.25, 0.3) is 11.8 Å². The zero-order valence-corrected chi connectivity index (χ0v) is 25.9. The van der Waals surface area contributed by atoms with E-state index in [1.165, 1.54) is 54.3 Å². The van der Waals surface area contributed by atoms with E-state index in [0.717, 1.165) is 25.9 Å². The van der Waals surface area contributed by atoms with E-state index in [4.69, 9.17) is 16.7 Å². The summed E-state index contributed by atoms with van der Waals surface area (Å²) in [5, 5.41) is 21.1. The molecule has 2 saturated heterocycles. The van der Waals surface area contributed by atoms with Gasteiger partial charge in [-0.3, -0.25) is 19.5 Å². The highest BCUT2D eigenvalue weighted by atomic mass is 35.5. The van der Waals surface area contributed by atoms with Crippen molar-refractivity contribution in [2.24, 2.45) is 7.05 Å². The van der Waals surface area contributed by atoms with Crippen LogP contribution >= 0.6 is 11.6 Å². The topological polar surface area (TPSA) is 148 Å². The SMILES string of the molecule is Cc1[nH]ncc1-c1ccc(-c2cnc(C(=O)Nc3ccc(C(=O)N4CCN(C=O)CC4)c(Cl)c3)n2C)c(F)c1F.OC1CCNC1. The number of halogens is 3. The molecule has 2 aliphatic heterocycles. The number of nitrogens with one attached hydrogen (secondary N) is 3. The number of hydrogen-bond acceptors (Lipinski definition) is 7. The number of imidazole rings is 1. The molecule has 0 bridgehead atoms. The van der Waals surface area contributed by atoms with Gasteiger partial charge in [0.1, 0.15) is 0 Å². The van der Waals surface area contributed by atoms with Gasteiger partial charge in [0.05, 0.1) is 34.8 Å². The van der Waals surface area contributed by atoms with E-state index in [2.05, 4.69) is 25.8 Å². The van der Waals surface area contributed by atoms with Gasteiger partial charge in [-0.05, 0) is 44.2 Å². The maximum Gasteiger partial charge on any atom is 0.291 e. The lowest BCUT2D eigenvalue weighted by Gasteiger charge is -2.32. The smallest absolute Gasteiger partial charge is 0.291 e. The molecule has 0 saturated carbocycles. The van der Waals surface area contributed by atoms with Crippen LogP contribution in [0.5, 0.6) is 0 Å². The van der Waals surface area contributed by atoms with Crippen LogP contribution in [0.25, 0.3) is 22.4 Å². The number of β-amino-alcohol motifs (C(OH)–C–C–N with tert-alkyl or cyclic N) is 1. The second-order valence-corrected chi connectivity index (χ2v) is 11.4. The number of carbonyl (C=O) groups excluding carboxylic acids is 3. The maximum absolute atomic E-state index is 15.1. The molecule has 0 radical (unpaired) electrons. The summed E-state index contributed by atoms with van der Waals surface area (Å²) in [5.74, 6) is -3.04. The molecule has 12 nitrogen and oxygen atoms in total. The minimum atomic E-state index is -1.08. The van der Waals surface area contributed by atoms with E-state index in [-0.39, 0.29) is 45.2 Å². The van der Waals surface area contributed by atoms with E-state index < -0.39 is 17.5 Å². The predicted octanol–water partition coefficient (Wildman–Crippen LogP) is 3.22. The summed E-state index contributed by atoms with van der Waals surface area (Å²) in [5.41, 5.74) is 1.83. The summed E-state index contributed by atoms with van der Waals surface area (Å²) in [6.07, 6.45) is 4.33. The minimum absolute atomic E-state index is 0.0473. The van der Waals surface area contributed by atoms with Gasteiger partial charge in [-0.1, -0.05) is 17.7 Å². The van der Waals surface area contributed by atoms with Crippen LogP contribution in [-0.2, 0) is 11.8 Å². The zero-order chi connectivity index (χ0) is 33.0. The first-order valence-electron chi connectivity index (χ1n) is 14.6. The number of anilines is 1. The lowest BCUT2D eigenvalue weighted by atomic mass is 10.0. The Morgan fingerprint density at radius 1 is 1.07 bits per heavy atom. The molecule has 2 aromatic heterocycles. The van der Waals surface area contributed by atoms with Crippen molar-refractivity contribution in [3.63, 3.8) is 0 Å². The lowest BCUT2D eigenvalue weighted by molar-refractivity contribution is -0.119. The number of aromatic nitrogens is 4. The van der Waals surface area contributed by atoms with E-state index in [1.807, 2.05) is 0 Å². The summed E-state index contributed by atoms with van der Waals surface area (Å²) in [4.78, 5) is 44.1. The number of H-pyrrole nitrogens is 1. The van der Waals surface area contributed by atoms with Crippen molar-refractivity contribution < 1.29 is 28.3 Å². The van der Waals surface area contributed by atoms with Gasteiger partial charge in [-0.15, -0.1) is 0 Å². The van der Waals surface area contributed by atoms with Crippen LogP contribution in [0.4, 0.5) is 14.5 Å². The average Bonchev–Trinajstić information content (AvgIpc) is 3.80. The van der Waals surface area contributed by atoms with E-state index >= 15 is 4.39 Å². The van der Waals surface area contributed by atoms with Crippen LogP contribution in [0.15, 0.2) is 42.7 Å². The number of aromatic amines is 1. The number of aryl methyl sites for hydroxylation is 1. The highest BCUT2D eigenvalue weighted by molar-refractivity contribution is 6.34. The molecule has 1 atom stereocenters. The Bertz CT molecular complexity index is 1750. The molecule has 242 valence electrons. The number of rotatable bonds is 6. The molecule has 6 rings (SSSR count). The molecule has 2 aromatic carbocycles.